The lowest BCUT2D eigenvalue weighted by molar-refractivity contribution is -0.305. The molecule has 2 unspecified atom stereocenters. The fraction of sp³-hybridized carbons (Fsp3) is 0.736. The van der Waals surface area contributed by atoms with Gasteiger partial charge >= 0.3 is 11.9 Å². The first kappa shape index (κ1) is 58.2. The van der Waals surface area contributed by atoms with Crippen LogP contribution in [0.3, 0.4) is 0 Å². The zero-order valence-corrected chi connectivity index (χ0v) is 39.6. The predicted molar refractivity (Wildman–Crippen MR) is 256 cm³/mol. The molecule has 1 aliphatic heterocycles. The van der Waals surface area contributed by atoms with Gasteiger partial charge in [-0.1, -0.05) is 170 Å². The fourth-order valence-corrected chi connectivity index (χ4v) is 7.15. The number of hydrogen-bond donors (Lipinski definition) is 4. The molecule has 0 aromatic rings. The van der Waals surface area contributed by atoms with Gasteiger partial charge in [-0.15, -0.1) is 0 Å². The molecule has 362 valence electrons. The normalized spacial score (nSPS) is 20.1. The van der Waals surface area contributed by atoms with Crippen molar-refractivity contribution in [1.82, 2.24) is 0 Å². The molecule has 1 rings (SSSR count). The number of aliphatic hydroxyl groups excluding tert-OH is 4. The standard InChI is InChI=1S/C53H90O10/c1-3-5-7-9-11-13-15-17-19-21-23-25-27-29-31-33-35-37-39-41-48(55)60-44-46(45-61-53-52(59)51(58)50(57)47(43-54)63-53)62-49(56)42-40-38-36-34-32-30-28-26-24-22-20-18-16-14-12-10-8-6-4-2/h5,7,11,13,17-20,23,25,29,31,46-47,50-54,57-59H,3-4,6,8-10,12,14-16,21-22,24,26-28,30,32-45H2,1-2H3/b7-5+,13-11+,19-17+,20-18+,25-23+,31-29+/t46-,47-,50+,51?,52?,53-/m0/s1. The van der Waals surface area contributed by atoms with Gasteiger partial charge in [-0.05, 0) is 83.5 Å². The molecule has 4 N–H and O–H groups in total. The molecule has 1 heterocycles. The lowest BCUT2D eigenvalue weighted by Gasteiger charge is -2.39. The van der Waals surface area contributed by atoms with Crippen LogP contribution in [0.4, 0.5) is 0 Å². The van der Waals surface area contributed by atoms with Gasteiger partial charge in [-0.3, -0.25) is 9.59 Å². The summed E-state index contributed by atoms with van der Waals surface area (Å²) in [6.45, 7) is 3.28. The van der Waals surface area contributed by atoms with E-state index in [2.05, 4.69) is 86.8 Å². The molecule has 63 heavy (non-hydrogen) atoms. The first-order chi connectivity index (χ1) is 30.8. The van der Waals surface area contributed by atoms with Gasteiger partial charge < -0.3 is 39.4 Å². The zero-order chi connectivity index (χ0) is 45.9. The quantitative estimate of drug-likeness (QED) is 0.0265. The molecule has 0 aromatic carbocycles. The van der Waals surface area contributed by atoms with Crippen LogP contribution in [0, 0.1) is 0 Å². The average molecular weight is 887 g/mol. The van der Waals surface area contributed by atoms with Crippen LogP contribution in [0.1, 0.15) is 194 Å². The minimum absolute atomic E-state index is 0.217. The Hall–Kier alpha value is -2.86. The van der Waals surface area contributed by atoms with Crippen molar-refractivity contribution in [2.75, 3.05) is 19.8 Å². The molecule has 0 radical (unpaired) electrons. The highest BCUT2D eigenvalue weighted by Crippen LogP contribution is 2.23. The van der Waals surface area contributed by atoms with E-state index in [0.717, 1.165) is 70.6 Å². The highest BCUT2D eigenvalue weighted by atomic mass is 16.7. The number of allylic oxidation sites excluding steroid dienone is 12. The van der Waals surface area contributed by atoms with E-state index in [1.54, 1.807) is 0 Å². The van der Waals surface area contributed by atoms with Crippen LogP contribution >= 0.6 is 0 Å². The molecule has 6 atom stereocenters. The molecule has 1 aliphatic rings. The molecule has 0 amide bonds. The molecule has 0 spiro atoms. The molecule has 10 nitrogen and oxygen atoms in total. The summed E-state index contributed by atoms with van der Waals surface area (Å²) < 4.78 is 22.2. The van der Waals surface area contributed by atoms with E-state index in [-0.39, 0.29) is 26.1 Å². The van der Waals surface area contributed by atoms with Gasteiger partial charge in [0, 0.05) is 12.8 Å². The van der Waals surface area contributed by atoms with E-state index < -0.39 is 55.4 Å². The maximum atomic E-state index is 12.8. The van der Waals surface area contributed by atoms with Gasteiger partial charge in [0.15, 0.2) is 12.4 Å². The third-order valence-corrected chi connectivity index (χ3v) is 11.1. The number of hydrogen-bond acceptors (Lipinski definition) is 10. The van der Waals surface area contributed by atoms with E-state index in [9.17, 15) is 30.0 Å². The summed E-state index contributed by atoms with van der Waals surface area (Å²) in [6, 6.07) is 0. The largest absolute Gasteiger partial charge is 0.462 e. The van der Waals surface area contributed by atoms with Crippen LogP contribution in [0.5, 0.6) is 0 Å². The predicted octanol–water partition coefficient (Wildman–Crippen LogP) is 11.6. The fourth-order valence-electron chi connectivity index (χ4n) is 7.15. The number of ether oxygens (including phenoxy) is 4. The topological polar surface area (TPSA) is 152 Å². The Balaban J connectivity index is 2.31. The molecule has 10 heteroatoms. The van der Waals surface area contributed by atoms with Crippen molar-refractivity contribution in [3.8, 4) is 0 Å². The van der Waals surface area contributed by atoms with E-state index in [4.69, 9.17) is 18.9 Å². The highest BCUT2D eigenvalue weighted by molar-refractivity contribution is 5.70. The Bertz CT molecular complexity index is 1250. The van der Waals surface area contributed by atoms with E-state index >= 15 is 0 Å². The summed E-state index contributed by atoms with van der Waals surface area (Å²) in [7, 11) is 0. The number of rotatable bonds is 41. The van der Waals surface area contributed by atoms with E-state index in [1.165, 1.54) is 83.5 Å². The summed E-state index contributed by atoms with van der Waals surface area (Å²) in [6.07, 6.45) is 47.6. The number of carbonyl (C=O) groups excluding carboxylic acids is 2. The molecule has 0 aliphatic carbocycles. The molecule has 0 aromatic heterocycles. The van der Waals surface area contributed by atoms with Crippen LogP contribution < -0.4 is 0 Å². The molecular formula is C53H90O10. The Labute approximate surface area is 383 Å². The Kier molecular flexibility index (Phi) is 39.7. The molecule has 0 saturated carbocycles. The van der Waals surface area contributed by atoms with Crippen LogP contribution in [0.25, 0.3) is 0 Å². The van der Waals surface area contributed by atoms with Gasteiger partial charge in [-0.2, -0.15) is 0 Å². The van der Waals surface area contributed by atoms with Crippen molar-refractivity contribution in [2.24, 2.45) is 0 Å². The summed E-state index contributed by atoms with van der Waals surface area (Å²) in [5.74, 6) is -0.848. The summed E-state index contributed by atoms with van der Waals surface area (Å²) in [5, 5.41) is 40.2. The van der Waals surface area contributed by atoms with Crippen LogP contribution in [0.2, 0.25) is 0 Å². The van der Waals surface area contributed by atoms with Crippen molar-refractivity contribution < 1.29 is 49.0 Å². The molecule has 1 saturated heterocycles. The zero-order valence-electron chi connectivity index (χ0n) is 39.6. The third kappa shape index (κ3) is 34.2. The van der Waals surface area contributed by atoms with Crippen LogP contribution in [-0.4, -0.2) is 89.0 Å². The van der Waals surface area contributed by atoms with Crippen molar-refractivity contribution in [1.29, 1.82) is 0 Å². The average Bonchev–Trinajstić information content (AvgIpc) is 3.28. The Morgan fingerprint density at radius 3 is 1.44 bits per heavy atom. The second-order valence-corrected chi connectivity index (χ2v) is 16.9. The van der Waals surface area contributed by atoms with Gasteiger partial charge in [0.2, 0.25) is 0 Å². The van der Waals surface area contributed by atoms with Crippen molar-refractivity contribution in [3.05, 3.63) is 72.9 Å². The highest BCUT2D eigenvalue weighted by Gasteiger charge is 2.44. The number of unbranched alkanes of at least 4 members (excludes halogenated alkanes) is 18. The Morgan fingerprint density at radius 2 is 0.937 bits per heavy atom. The Morgan fingerprint density at radius 1 is 0.508 bits per heavy atom. The minimum atomic E-state index is -1.60. The van der Waals surface area contributed by atoms with Crippen LogP contribution in [-0.2, 0) is 28.5 Å². The maximum Gasteiger partial charge on any atom is 0.306 e. The second kappa shape index (κ2) is 43.1. The minimum Gasteiger partial charge on any atom is -0.462 e. The summed E-state index contributed by atoms with van der Waals surface area (Å²) in [5.41, 5.74) is 0. The lowest BCUT2D eigenvalue weighted by atomic mass is 9.99. The van der Waals surface area contributed by atoms with E-state index in [1.807, 2.05) is 0 Å². The van der Waals surface area contributed by atoms with Gasteiger partial charge in [0.25, 0.3) is 0 Å². The van der Waals surface area contributed by atoms with Gasteiger partial charge in [0.05, 0.1) is 13.2 Å². The molecule has 1 fully saturated rings. The SMILES string of the molecule is CC/C=C/C/C=C/C/C=C/C/C=C/C/C=C/CCCCCC(=O)OC[C@@H](CO[C@H]1O[C@@H](CO)[C@@H](O)C(O)C1O)OC(=O)CCCCCCCCCCC/C=C/CCCCCCCC. The van der Waals surface area contributed by atoms with E-state index in [0.29, 0.717) is 12.8 Å². The second-order valence-electron chi connectivity index (χ2n) is 16.9. The van der Waals surface area contributed by atoms with Gasteiger partial charge in [0.1, 0.15) is 31.0 Å². The summed E-state index contributed by atoms with van der Waals surface area (Å²) >= 11 is 0. The number of esters is 2. The monoisotopic (exact) mass is 887 g/mol. The van der Waals surface area contributed by atoms with Crippen molar-refractivity contribution >= 4 is 11.9 Å². The van der Waals surface area contributed by atoms with Crippen molar-refractivity contribution in [2.45, 2.75) is 230 Å². The number of aliphatic hydroxyl groups is 4. The summed E-state index contributed by atoms with van der Waals surface area (Å²) in [4.78, 5) is 25.4. The van der Waals surface area contributed by atoms with Crippen molar-refractivity contribution in [3.63, 3.8) is 0 Å². The first-order valence-electron chi connectivity index (χ1n) is 25.0. The molecular weight excluding hydrogens is 797 g/mol. The molecule has 0 bridgehead atoms. The lowest BCUT2D eigenvalue weighted by Crippen LogP contribution is -2.59. The third-order valence-electron chi connectivity index (χ3n) is 11.1. The van der Waals surface area contributed by atoms with Crippen LogP contribution in [0.15, 0.2) is 72.9 Å². The van der Waals surface area contributed by atoms with Gasteiger partial charge in [-0.25, -0.2) is 0 Å². The number of carbonyl (C=O) groups is 2. The maximum absolute atomic E-state index is 12.8. The smallest absolute Gasteiger partial charge is 0.306 e. The first-order valence-corrected chi connectivity index (χ1v) is 25.0.